The molecule has 0 amide bonds. The summed E-state index contributed by atoms with van der Waals surface area (Å²) in [6.07, 6.45) is 3.71. The number of nitrogens with two attached hydrogens (primary N) is 1. The van der Waals surface area contributed by atoms with Crippen molar-refractivity contribution in [3.8, 4) is 0 Å². The molecule has 0 atom stereocenters. The lowest BCUT2D eigenvalue weighted by Gasteiger charge is -2.00. The summed E-state index contributed by atoms with van der Waals surface area (Å²) in [5.41, 5.74) is 16.6. The van der Waals surface area contributed by atoms with Gasteiger partial charge in [0.2, 0.25) is 0 Å². The Labute approximate surface area is 82.7 Å². The number of benzene rings is 1. The Morgan fingerprint density at radius 3 is 3.07 bits per heavy atom. The maximum Gasteiger partial charge on any atom is 0.0443 e. The summed E-state index contributed by atoms with van der Waals surface area (Å²) in [6.45, 7) is 2.37. The first-order valence-electron chi connectivity index (χ1n) is 4.27. The summed E-state index contributed by atoms with van der Waals surface area (Å²) in [6, 6.07) is 5.71. The lowest BCUT2D eigenvalue weighted by atomic mass is 10.1. The molecule has 1 rings (SSSR count). The summed E-state index contributed by atoms with van der Waals surface area (Å²) < 4.78 is 0. The van der Waals surface area contributed by atoms with Gasteiger partial charge < -0.3 is 5.73 Å². The Balaban J connectivity index is 2.79. The molecule has 72 valence electrons. The number of nitrogen functional groups attached to an aromatic ring is 1. The van der Waals surface area contributed by atoms with Crippen molar-refractivity contribution >= 4 is 11.8 Å². The molecule has 4 heteroatoms. The lowest BCUT2D eigenvalue weighted by molar-refractivity contribution is 1.22. The maximum atomic E-state index is 8.07. The van der Waals surface area contributed by atoms with Gasteiger partial charge in [0.05, 0.1) is 0 Å². The minimum absolute atomic E-state index is 0.366. The Morgan fingerprint density at radius 1 is 1.57 bits per heavy atom. The van der Waals surface area contributed by atoms with Gasteiger partial charge in [-0.15, -0.1) is 0 Å². The third kappa shape index (κ3) is 2.84. The molecule has 0 saturated heterocycles. The quantitative estimate of drug-likeness (QED) is 0.336. The van der Waals surface area contributed by atoms with Crippen molar-refractivity contribution in [2.75, 3.05) is 12.3 Å². The maximum absolute atomic E-state index is 8.07. The van der Waals surface area contributed by atoms with E-state index in [4.69, 9.17) is 11.3 Å². The van der Waals surface area contributed by atoms with Crippen LogP contribution in [0.15, 0.2) is 29.4 Å². The average Bonchev–Trinajstić information content (AvgIpc) is 2.18. The van der Waals surface area contributed by atoms with E-state index in [1.54, 1.807) is 0 Å². The van der Waals surface area contributed by atoms with Crippen LogP contribution in [0.25, 0.3) is 16.5 Å². The van der Waals surface area contributed by atoms with Crippen LogP contribution in [0.2, 0.25) is 0 Å². The van der Waals surface area contributed by atoms with E-state index in [1.807, 2.05) is 37.3 Å². The van der Waals surface area contributed by atoms with Gasteiger partial charge in [0.15, 0.2) is 0 Å². The molecular weight excluding hydrogens is 176 g/mol. The standard InChI is InChI=1S/C10H12N4/c1-8-4-5-10(11)7-9(8)3-2-6-13-14-12/h2-5,7H,6,11H2,1H3. The van der Waals surface area contributed by atoms with Crippen molar-refractivity contribution in [3.05, 3.63) is 45.8 Å². The van der Waals surface area contributed by atoms with Crippen molar-refractivity contribution in [3.63, 3.8) is 0 Å². The number of azide groups is 1. The Kier molecular flexibility index (Phi) is 3.58. The van der Waals surface area contributed by atoms with E-state index in [9.17, 15) is 0 Å². The van der Waals surface area contributed by atoms with E-state index in [0.717, 1.165) is 16.8 Å². The molecular formula is C10H12N4. The molecule has 0 bridgehead atoms. The molecule has 0 heterocycles. The second-order valence-corrected chi connectivity index (χ2v) is 2.93. The van der Waals surface area contributed by atoms with Crippen molar-refractivity contribution < 1.29 is 0 Å². The molecule has 2 N–H and O–H groups in total. The summed E-state index contributed by atoms with van der Waals surface area (Å²) >= 11 is 0. The summed E-state index contributed by atoms with van der Waals surface area (Å²) in [5.74, 6) is 0. The largest absolute Gasteiger partial charge is 0.399 e. The van der Waals surface area contributed by atoms with Crippen molar-refractivity contribution in [1.82, 2.24) is 0 Å². The number of nitrogens with zero attached hydrogens (tertiary/aromatic N) is 3. The van der Waals surface area contributed by atoms with Crippen LogP contribution in [0.3, 0.4) is 0 Å². The second kappa shape index (κ2) is 4.94. The number of hydrogen-bond donors (Lipinski definition) is 1. The summed E-state index contributed by atoms with van der Waals surface area (Å²) in [7, 11) is 0. The fraction of sp³-hybridized carbons (Fsp3) is 0.200. The lowest BCUT2D eigenvalue weighted by Crippen LogP contribution is -1.87. The van der Waals surface area contributed by atoms with Gasteiger partial charge >= 0.3 is 0 Å². The highest BCUT2D eigenvalue weighted by Crippen LogP contribution is 2.13. The number of aryl methyl sites for hydroxylation is 1. The molecule has 0 aliphatic heterocycles. The molecule has 0 saturated carbocycles. The van der Waals surface area contributed by atoms with Crippen molar-refractivity contribution in [2.45, 2.75) is 6.92 Å². The monoisotopic (exact) mass is 188 g/mol. The van der Waals surface area contributed by atoms with Crippen LogP contribution in [0, 0.1) is 6.92 Å². The van der Waals surface area contributed by atoms with Crippen LogP contribution in [0.1, 0.15) is 11.1 Å². The van der Waals surface area contributed by atoms with Gasteiger partial charge in [0.1, 0.15) is 0 Å². The van der Waals surface area contributed by atoms with Crippen molar-refractivity contribution in [2.24, 2.45) is 5.11 Å². The molecule has 1 aromatic carbocycles. The minimum atomic E-state index is 0.366. The van der Waals surface area contributed by atoms with Crippen LogP contribution >= 0.6 is 0 Å². The highest BCUT2D eigenvalue weighted by molar-refractivity contribution is 5.59. The van der Waals surface area contributed by atoms with Gasteiger partial charge in [-0.05, 0) is 35.7 Å². The molecule has 0 aliphatic carbocycles. The highest BCUT2D eigenvalue weighted by atomic mass is 15.1. The molecule has 0 aliphatic rings. The Morgan fingerprint density at radius 2 is 2.36 bits per heavy atom. The first-order valence-corrected chi connectivity index (χ1v) is 4.27. The van der Waals surface area contributed by atoms with Crippen LogP contribution < -0.4 is 5.73 Å². The zero-order valence-corrected chi connectivity index (χ0v) is 8.01. The normalized spacial score (nSPS) is 10.1. The van der Waals surface area contributed by atoms with E-state index in [-0.39, 0.29) is 0 Å². The van der Waals surface area contributed by atoms with Crippen molar-refractivity contribution in [1.29, 1.82) is 0 Å². The van der Waals surface area contributed by atoms with Crippen LogP contribution in [-0.2, 0) is 0 Å². The number of anilines is 1. The first kappa shape index (κ1) is 10.2. The second-order valence-electron chi connectivity index (χ2n) is 2.93. The van der Waals surface area contributed by atoms with E-state index < -0.39 is 0 Å². The van der Waals surface area contributed by atoms with E-state index in [1.165, 1.54) is 0 Å². The molecule has 1 aromatic rings. The predicted molar refractivity (Wildman–Crippen MR) is 58.6 cm³/mol. The minimum Gasteiger partial charge on any atom is -0.399 e. The zero-order chi connectivity index (χ0) is 10.4. The number of rotatable bonds is 3. The first-order chi connectivity index (χ1) is 6.74. The molecule has 0 unspecified atom stereocenters. The van der Waals surface area contributed by atoms with E-state index in [0.29, 0.717) is 6.54 Å². The fourth-order valence-electron chi connectivity index (χ4n) is 1.10. The van der Waals surface area contributed by atoms with Gasteiger partial charge in [-0.2, -0.15) is 0 Å². The summed E-state index contributed by atoms with van der Waals surface area (Å²) in [4.78, 5) is 2.66. The number of hydrogen-bond acceptors (Lipinski definition) is 2. The SMILES string of the molecule is Cc1ccc(N)cc1C=CCN=[N+]=[N-]. The summed E-state index contributed by atoms with van der Waals surface area (Å²) in [5, 5.41) is 3.40. The third-order valence-corrected chi connectivity index (χ3v) is 1.85. The smallest absolute Gasteiger partial charge is 0.0443 e. The topological polar surface area (TPSA) is 74.8 Å². The van der Waals surface area contributed by atoms with Gasteiger partial charge in [0.25, 0.3) is 0 Å². The van der Waals surface area contributed by atoms with Crippen LogP contribution in [0.5, 0.6) is 0 Å². The van der Waals surface area contributed by atoms with Gasteiger partial charge in [0, 0.05) is 17.1 Å². The van der Waals surface area contributed by atoms with Gasteiger partial charge in [-0.3, -0.25) is 0 Å². The highest BCUT2D eigenvalue weighted by Gasteiger charge is 1.93. The van der Waals surface area contributed by atoms with Gasteiger partial charge in [-0.1, -0.05) is 23.3 Å². The molecule has 0 aromatic heterocycles. The molecule has 0 spiro atoms. The third-order valence-electron chi connectivity index (χ3n) is 1.85. The molecule has 0 fully saturated rings. The average molecular weight is 188 g/mol. The van der Waals surface area contributed by atoms with E-state index in [2.05, 4.69) is 10.0 Å². The Hall–Kier alpha value is -1.93. The predicted octanol–water partition coefficient (Wildman–Crippen LogP) is 2.90. The Bertz CT molecular complexity index is 389. The van der Waals surface area contributed by atoms with Crippen LogP contribution in [0.4, 0.5) is 5.69 Å². The van der Waals surface area contributed by atoms with E-state index >= 15 is 0 Å². The molecule has 14 heavy (non-hydrogen) atoms. The fourth-order valence-corrected chi connectivity index (χ4v) is 1.10. The van der Waals surface area contributed by atoms with Crippen LogP contribution in [-0.4, -0.2) is 6.54 Å². The molecule has 4 nitrogen and oxygen atoms in total. The van der Waals surface area contributed by atoms with Gasteiger partial charge in [-0.25, -0.2) is 0 Å². The molecule has 0 radical (unpaired) electrons. The zero-order valence-electron chi connectivity index (χ0n) is 8.01.